The maximum absolute atomic E-state index is 3.94. The number of H-pyrrole nitrogens is 1. The van der Waals surface area contributed by atoms with Crippen molar-refractivity contribution in [3.05, 3.63) is 42.0 Å². The van der Waals surface area contributed by atoms with E-state index < -0.39 is 0 Å². The van der Waals surface area contributed by atoms with Gasteiger partial charge in [0.15, 0.2) is 0 Å². The molecular formula is C11H8N2S. The van der Waals surface area contributed by atoms with Gasteiger partial charge in [0.05, 0.1) is 6.20 Å². The summed E-state index contributed by atoms with van der Waals surface area (Å²) in [6.45, 7) is 0. The summed E-state index contributed by atoms with van der Waals surface area (Å²) in [5, 5.41) is 10.2. The van der Waals surface area contributed by atoms with Crippen LogP contribution in [0.3, 0.4) is 0 Å². The van der Waals surface area contributed by atoms with Crippen LogP contribution in [-0.2, 0) is 0 Å². The molecule has 3 heteroatoms. The quantitative estimate of drug-likeness (QED) is 0.641. The van der Waals surface area contributed by atoms with Crippen LogP contribution in [0.25, 0.3) is 21.2 Å². The number of hydrogen-bond acceptors (Lipinski definition) is 2. The molecule has 1 aromatic carbocycles. The van der Waals surface area contributed by atoms with E-state index in [-0.39, 0.29) is 0 Å². The van der Waals surface area contributed by atoms with Crippen molar-refractivity contribution in [3.63, 3.8) is 0 Å². The summed E-state index contributed by atoms with van der Waals surface area (Å²) >= 11 is 1.77. The third-order valence-corrected chi connectivity index (χ3v) is 3.17. The van der Waals surface area contributed by atoms with Gasteiger partial charge in [-0.05, 0) is 28.5 Å². The van der Waals surface area contributed by atoms with Gasteiger partial charge in [0, 0.05) is 16.5 Å². The van der Waals surface area contributed by atoms with Crippen molar-refractivity contribution < 1.29 is 0 Å². The van der Waals surface area contributed by atoms with Gasteiger partial charge in [0.2, 0.25) is 0 Å². The van der Waals surface area contributed by atoms with Crippen LogP contribution in [0.2, 0.25) is 0 Å². The molecule has 3 aromatic rings. The number of thiophene rings is 1. The Morgan fingerprint density at radius 3 is 3.00 bits per heavy atom. The molecule has 0 unspecified atom stereocenters. The van der Waals surface area contributed by atoms with E-state index in [1.165, 1.54) is 15.6 Å². The Hall–Kier alpha value is -1.61. The van der Waals surface area contributed by atoms with Gasteiger partial charge in [0.1, 0.15) is 0 Å². The van der Waals surface area contributed by atoms with Crippen LogP contribution in [0.4, 0.5) is 0 Å². The molecule has 0 bridgehead atoms. The van der Waals surface area contributed by atoms with Crippen molar-refractivity contribution >= 4 is 21.4 Å². The number of nitrogens with one attached hydrogen (secondary N) is 1. The first-order chi connectivity index (χ1) is 6.93. The first-order valence-corrected chi connectivity index (χ1v) is 5.28. The molecule has 1 N–H and O–H groups in total. The number of hydrogen-bond donors (Lipinski definition) is 1. The third kappa shape index (κ3) is 1.14. The number of benzene rings is 1. The fourth-order valence-corrected chi connectivity index (χ4v) is 2.37. The first-order valence-electron chi connectivity index (χ1n) is 4.40. The molecule has 2 nitrogen and oxygen atoms in total. The fraction of sp³-hybridized carbons (Fsp3) is 0. The molecule has 3 rings (SSSR count). The Labute approximate surface area is 85.2 Å². The van der Waals surface area contributed by atoms with E-state index in [0.717, 1.165) is 5.56 Å². The average molecular weight is 200 g/mol. The lowest BCUT2D eigenvalue weighted by molar-refractivity contribution is 1.09. The number of aromatic amines is 1. The predicted molar refractivity (Wildman–Crippen MR) is 59.4 cm³/mol. The highest BCUT2D eigenvalue weighted by atomic mass is 32.1. The number of rotatable bonds is 1. The Morgan fingerprint density at radius 2 is 2.14 bits per heavy atom. The van der Waals surface area contributed by atoms with Crippen LogP contribution in [0.15, 0.2) is 42.0 Å². The van der Waals surface area contributed by atoms with E-state index in [1.807, 2.05) is 12.4 Å². The van der Waals surface area contributed by atoms with Crippen LogP contribution >= 0.6 is 11.3 Å². The van der Waals surface area contributed by atoms with Gasteiger partial charge in [-0.1, -0.05) is 12.1 Å². The summed E-state index contributed by atoms with van der Waals surface area (Å²) in [7, 11) is 0. The maximum atomic E-state index is 3.94. The Balaban J connectivity index is 2.23. The zero-order valence-electron chi connectivity index (χ0n) is 7.40. The molecule has 0 aliphatic rings. The minimum Gasteiger partial charge on any atom is -0.285 e. The molecule has 0 spiro atoms. The van der Waals surface area contributed by atoms with Crippen LogP contribution < -0.4 is 0 Å². The first kappa shape index (κ1) is 7.76. The molecule has 0 aliphatic carbocycles. The molecule has 0 aliphatic heterocycles. The molecule has 0 saturated heterocycles. The standard InChI is InChI=1S/C11H8N2S/c1-2-9(10-6-12-13-7-10)5-11-8(1)3-4-14-11/h1-7H,(H,12,13). The van der Waals surface area contributed by atoms with E-state index in [4.69, 9.17) is 0 Å². The highest BCUT2D eigenvalue weighted by molar-refractivity contribution is 7.17. The molecule has 2 aromatic heterocycles. The largest absolute Gasteiger partial charge is 0.285 e. The van der Waals surface area contributed by atoms with E-state index in [1.54, 1.807) is 11.3 Å². The van der Waals surface area contributed by atoms with E-state index in [2.05, 4.69) is 39.8 Å². The summed E-state index contributed by atoms with van der Waals surface area (Å²) in [6.07, 6.45) is 3.75. The van der Waals surface area contributed by atoms with Gasteiger partial charge in [-0.25, -0.2) is 0 Å². The zero-order chi connectivity index (χ0) is 9.38. The van der Waals surface area contributed by atoms with E-state index in [9.17, 15) is 0 Å². The van der Waals surface area contributed by atoms with E-state index in [0.29, 0.717) is 0 Å². The minimum absolute atomic E-state index is 1.14. The Morgan fingerprint density at radius 1 is 1.14 bits per heavy atom. The second-order valence-corrected chi connectivity index (χ2v) is 4.11. The van der Waals surface area contributed by atoms with Gasteiger partial charge in [-0.3, -0.25) is 5.10 Å². The van der Waals surface area contributed by atoms with Crippen LogP contribution in [-0.4, -0.2) is 10.2 Å². The molecule has 0 radical (unpaired) electrons. The van der Waals surface area contributed by atoms with Crippen molar-refractivity contribution in [2.75, 3.05) is 0 Å². The summed E-state index contributed by atoms with van der Waals surface area (Å²) in [6, 6.07) is 8.61. The summed E-state index contributed by atoms with van der Waals surface area (Å²) in [5.41, 5.74) is 2.36. The third-order valence-electron chi connectivity index (χ3n) is 2.29. The zero-order valence-corrected chi connectivity index (χ0v) is 8.21. The average Bonchev–Trinajstić information content (AvgIpc) is 2.88. The molecular weight excluding hydrogens is 192 g/mol. The van der Waals surface area contributed by atoms with Crippen LogP contribution in [0, 0.1) is 0 Å². The highest BCUT2D eigenvalue weighted by Gasteiger charge is 2.00. The van der Waals surface area contributed by atoms with Crippen molar-refractivity contribution in [2.24, 2.45) is 0 Å². The van der Waals surface area contributed by atoms with Gasteiger partial charge in [-0.2, -0.15) is 5.10 Å². The Kier molecular flexibility index (Phi) is 1.64. The van der Waals surface area contributed by atoms with Crippen molar-refractivity contribution in [3.8, 4) is 11.1 Å². The smallest absolute Gasteiger partial charge is 0.0565 e. The predicted octanol–water partition coefficient (Wildman–Crippen LogP) is 3.29. The fourth-order valence-electron chi connectivity index (χ4n) is 1.54. The summed E-state index contributed by atoms with van der Waals surface area (Å²) in [5.74, 6) is 0. The van der Waals surface area contributed by atoms with Crippen molar-refractivity contribution in [2.45, 2.75) is 0 Å². The van der Waals surface area contributed by atoms with Gasteiger partial charge < -0.3 is 0 Å². The Bertz CT molecular complexity index is 551. The van der Waals surface area contributed by atoms with Gasteiger partial charge in [-0.15, -0.1) is 11.3 Å². The number of fused-ring (bicyclic) bond motifs is 1. The maximum Gasteiger partial charge on any atom is 0.0565 e. The van der Waals surface area contributed by atoms with Crippen molar-refractivity contribution in [1.82, 2.24) is 10.2 Å². The molecule has 0 amide bonds. The van der Waals surface area contributed by atoms with Crippen LogP contribution in [0.5, 0.6) is 0 Å². The summed E-state index contributed by atoms with van der Waals surface area (Å²) in [4.78, 5) is 0. The number of nitrogens with zero attached hydrogens (tertiary/aromatic N) is 1. The second kappa shape index (κ2) is 2.96. The monoisotopic (exact) mass is 200 g/mol. The van der Waals surface area contributed by atoms with Crippen molar-refractivity contribution in [1.29, 1.82) is 0 Å². The lowest BCUT2D eigenvalue weighted by atomic mass is 10.1. The number of aromatic nitrogens is 2. The SMILES string of the molecule is c1cc2ccc(-c3cn[nH]c3)cc2s1. The topological polar surface area (TPSA) is 28.7 Å². The van der Waals surface area contributed by atoms with E-state index >= 15 is 0 Å². The van der Waals surface area contributed by atoms with Gasteiger partial charge in [0.25, 0.3) is 0 Å². The molecule has 68 valence electrons. The molecule has 0 saturated carbocycles. The molecule has 14 heavy (non-hydrogen) atoms. The minimum atomic E-state index is 1.14. The summed E-state index contributed by atoms with van der Waals surface area (Å²) < 4.78 is 1.32. The molecule has 0 fully saturated rings. The normalized spacial score (nSPS) is 10.9. The molecule has 0 atom stereocenters. The lowest BCUT2D eigenvalue weighted by Crippen LogP contribution is -1.71. The lowest BCUT2D eigenvalue weighted by Gasteiger charge is -1.96. The highest BCUT2D eigenvalue weighted by Crippen LogP contribution is 2.26. The van der Waals surface area contributed by atoms with Gasteiger partial charge >= 0.3 is 0 Å². The van der Waals surface area contributed by atoms with Crippen LogP contribution in [0.1, 0.15) is 0 Å². The molecule has 2 heterocycles. The second-order valence-electron chi connectivity index (χ2n) is 3.16.